The zero-order valence-electron chi connectivity index (χ0n) is 12.4. The van der Waals surface area contributed by atoms with Crippen LogP contribution in [0.1, 0.15) is 50.9 Å². The number of hydrogen-bond acceptors (Lipinski definition) is 2. The molecule has 7 heteroatoms. The van der Waals surface area contributed by atoms with Gasteiger partial charge in [0.25, 0.3) is 6.43 Å². The predicted octanol–water partition coefficient (Wildman–Crippen LogP) is 3.68. The van der Waals surface area contributed by atoms with E-state index in [1.807, 2.05) is 18.7 Å². The molecule has 0 unspecified atom stereocenters. The Morgan fingerprint density at radius 1 is 1.38 bits per heavy atom. The highest BCUT2D eigenvalue weighted by molar-refractivity contribution is 9.10. The lowest BCUT2D eigenvalue weighted by molar-refractivity contribution is -0.138. The van der Waals surface area contributed by atoms with Gasteiger partial charge in [0.15, 0.2) is 0 Å². The van der Waals surface area contributed by atoms with Crippen molar-refractivity contribution in [1.82, 2.24) is 14.7 Å². The Morgan fingerprint density at radius 2 is 1.95 bits per heavy atom. The number of piperidine rings is 1. The molecule has 2 heterocycles. The third-order valence-corrected chi connectivity index (χ3v) is 5.11. The summed E-state index contributed by atoms with van der Waals surface area (Å²) in [6.07, 6.45) is 0.441. The minimum Gasteiger partial charge on any atom is -0.336 e. The van der Waals surface area contributed by atoms with Gasteiger partial charge >= 0.3 is 0 Å². The molecule has 1 aromatic heterocycles. The highest BCUT2D eigenvalue weighted by Crippen LogP contribution is 2.29. The Labute approximate surface area is 131 Å². The lowest BCUT2D eigenvalue weighted by Gasteiger charge is -2.39. The number of carbonyl (C=O) groups is 1. The molecule has 0 spiro atoms. The zero-order chi connectivity index (χ0) is 15.7. The Hall–Kier alpha value is -0.980. The molecule has 0 aromatic carbocycles. The Balaban J connectivity index is 2.18. The van der Waals surface area contributed by atoms with Crippen LogP contribution in [-0.2, 0) is 11.3 Å². The molecule has 2 rings (SSSR count). The van der Waals surface area contributed by atoms with Crippen molar-refractivity contribution in [3.05, 3.63) is 15.9 Å². The van der Waals surface area contributed by atoms with Crippen LogP contribution in [0.2, 0.25) is 0 Å². The molecular weight excluding hydrogens is 344 g/mol. The van der Waals surface area contributed by atoms with E-state index in [2.05, 4.69) is 21.0 Å². The van der Waals surface area contributed by atoms with E-state index in [9.17, 15) is 13.6 Å². The third-order valence-electron chi connectivity index (χ3n) is 4.13. The summed E-state index contributed by atoms with van der Waals surface area (Å²) >= 11 is 3.12. The molecule has 2 atom stereocenters. The lowest BCUT2D eigenvalue weighted by Crippen LogP contribution is -2.48. The smallest absolute Gasteiger partial charge is 0.283 e. The van der Waals surface area contributed by atoms with Crippen LogP contribution in [0.15, 0.2) is 4.47 Å². The molecule has 1 fully saturated rings. The van der Waals surface area contributed by atoms with Crippen molar-refractivity contribution >= 4 is 21.8 Å². The van der Waals surface area contributed by atoms with E-state index in [-0.39, 0.29) is 34.7 Å². The number of rotatable bonds is 3. The van der Waals surface area contributed by atoms with Crippen LogP contribution >= 0.6 is 15.9 Å². The van der Waals surface area contributed by atoms with Gasteiger partial charge in [0.05, 0.1) is 10.2 Å². The maximum atomic E-state index is 12.8. The second-order valence-electron chi connectivity index (χ2n) is 5.67. The van der Waals surface area contributed by atoms with Gasteiger partial charge in [-0.2, -0.15) is 5.10 Å². The fraction of sp³-hybridized carbons (Fsp3) is 0.714. The first-order valence-electron chi connectivity index (χ1n) is 7.15. The van der Waals surface area contributed by atoms with Gasteiger partial charge < -0.3 is 4.90 Å². The van der Waals surface area contributed by atoms with Gasteiger partial charge in [0.1, 0.15) is 12.2 Å². The number of alkyl halides is 2. The van der Waals surface area contributed by atoms with E-state index in [1.165, 1.54) is 4.68 Å². The Morgan fingerprint density at radius 3 is 2.43 bits per heavy atom. The fourth-order valence-electron chi connectivity index (χ4n) is 2.96. The van der Waals surface area contributed by atoms with Crippen molar-refractivity contribution in [3.63, 3.8) is 0 Å². The van der Waals surface area contributed by atoms with E-state index >= 15 is 0 Å². The van der Waals surface area contributed by atoms with E-state index in [4.69, 9.17) is 0 Å². The van der Waals surface area contributed by atoms with Gasteiger partial charge in [-0.1, -0.05) is 0 Å². The van der Waals surface area contributed by atoms with Crippen LogP contribution in [0, 0.1) is 6.92 Å². The van der Waals surface area contributed by atoms with Crippen LogP contribution in [0.25, 0.3) is 0 Å². The molecule has 21 heavy (non-hydrogen) atoms. The van der Waals surface area contributed by atoms with Crippen molar-refractivity contribution in [1.29, 1.82) is 0 Å². The summed E-state index contributed by atoms with van der Waals surface area (Å²) in [7, 11) is 0. The summed E-state index contributed by atoms with van der Waals surface area (Å²) in [6.45, 7) is 5.75. The van der Waals surface area contributed by atoms with Crippen LogP contribution in [-0.4, -0.2) is 32.7 Å². The number of likely N-dealkylation sites (tertiary alicyclic amines) is 1. The van der Waals surface area contributed by atoms with Gasteiger partial charge in [0.2, 0.25) is 5.91 Å². The summed E-state index contributed by atoms with van der Waals surface area (Å²) in [5.41, 5.74) is 0.246. The third kappa shape index (κ3) is 3.27. The molecule has 0 radical (unpaired) electrons. The highest BCUT2D eigenvalue weighted by atomic mass is 79.9. The second-order valence-corrected chi connectivity index (χ2v) is 6.47. The molecule has 1 aliphatic heterocycles. The summed E-state index contributed by atoms with van der Waals surface area (Å²) in [5.74, 6) is -0.0615. The van der Waals surface area contributed by atoms with Crippen LogP contribution in [0.4, 0.5) is 8.78 Å². The quantitative estimate of drug-likeness (QED) is 0.821. The topological polar surface area (TPSA) is 38.1 Å². The Kier molecular flexibility index (Phi) is 5.01. The van der Waals surface area contributed by atoms with Crippen molar-refractivity contribution < 1.29 is 13.6 Å². The summed E-state index contributed by atoms with van der Waals surface area (Å²) in [4.78, 5) is 14.4. The van der Waals surface area contributed by atoms with E-state index in [0.29, 0.717) is 5.69 Å². The minimum atomic E-state index is -2.65. The van der Waals surface area contributed by atoms with Crippen LogP contribution in [0.5, 0.6) is 0 Å². The van der Waals surface area contributed by atoms with E-state index in [1.54, 1.807) is 6.92 Å². The van der Waals surface area contributed by atoms with Gasteiger partial charge in [-0.05, 0) is 56.0 Å². The maximum Gasteiger partial charge on any atom is 0.283 e. The minimum absolute atomic E-state index is 0.00579. The number of aromatic nitrogens is 2. The van der Waals surface area contributed by atoms with Crippen LogP contribution < -0.4 is 0 Å². The maximum absolute atomic E-state index is 12.8. The molecule has 0 aliphatic carbocycles. The normalized spacial score (nSPS) is 22.9. The first kappa shape index (κ1) is 16.4. The van der Waals surface area contributed by atoms with Crippen molar-refractivity contribution in [2.75, 3.05) is 0 Å². The first-order valence-corrected chi connectivity index (χ1v) is 7.94. The molecule has 118 valence electrons. The molecule has 4 nitrogen and oxygen atoms in total. The average Bonchev–Trinajstić information content (AvgIpc) is 2.67. The Bertz CT molecular complexity index is 523. The summed E-state index contributed by atoms with van der Waals surface area (Å²) in [6, 6.07) is 0.380. The number of nitrogens with zero attached hydrogens (tertiary/aromatic N) is 3. The number of hydrogen-bond donors (Lipinski definition) is 0. The molecular formula is C14H20BrF2N3O. The molecule has 1 amide bonds. The number of carbonyl (C=O) groups excluding carboxylic acids is 1. The summed E-state index contributed by atoms with van der Waals surface area (Å²) in [5, 5.41) is 3.87. The summed E-state index contributed by atoms with van der Waals surface area (Å²) < 4.78 is 27.3. The lowest BCUT2D eigenvalue weighted by atomic mass is 9.97. The van der Waals surface area contributed by atoms with Gasteiger partial charge in [-0.3, -0.25) is 9.48 Å². The number of amides is 1. The SMILES string of the molecule is Cc1c(Br)c(C(F)F)nn1CC(=O)N1[C@H](C)CCC[C@@H]1C. The molecule has 0 bridgehead atoms. The predicted molar refractivity (Wildman–Crippen MR) is 79.2 cm³/mol. The second kappa shape index (κ2) is 6.42. The van der Waals surface area contributed by atoms with Gasteiger partial charge in [-0.15, -0.1) is 0 Å². The molecule has 0 N–H and O–H groups in total. The van der Waals surface area contributed by atoms with Crippen molar-refractivity contribution in [2.45, 2.75) is 65.1 Å². The average molecular weight is 364 g/mol. The van der Waals surface area contributed by atoms with Gasteiger partial charge in [-0.25, -0.2) is 8.78 Å². The highest BCUT2D eigenvalue weighted by Gasteiger charge is 2.30. The fourth-order valence-corrected chi connectivity index (χ4v) is 3.42. The van der Waals surface area contributed by atoms with E-state index in [0.717, 1.165) is 19.3 Å². The first-order chi connectivity index (χ1) is 9.82. The number of halogens is 3. The molecule has 1 aliphatic rings. The van der Waals surface area contributed by atoms with Gasteiger partial charge in [0, 0.05) is 12.1 Å². The molecule has 1 aromatic rings. The largest absolute Gasteiger partial charge is 0.336 e. The monoisotopic (exact) mass is 363 g/mol. The van der Waals surface area contributed by atoms with Crippen molar-refractivity contribution in [3.8, 4) is 0 Å². The molecule has 0 saturated carbocycles. The standard InChI is InChI=1S/C14H20BrF2N3O/c1-8-5-4-6-9(2)20(8)11(21)7-19-10(3)12(15)13(18-19)14(16)17/h8-9,14H,4-7H2,1-3H3/t8-,9+. The van der Waals surface area contributed by atoms with E-state index < -0.39 is 6.43 Å². The molecule has 1 saturated heterocycles. The zero-order valence-corrected chi connectivity index (χ0v) is 14.0. The van der Waals surface area contributed by atoms with Crippen molar-refractivity contribution in [2.24, 2.45) is 0 Å². The van der Waals surface area contributed by atoms with Crippen LogP contribution in [0.3, 0.4) is 0 Å².